The molecule has 5 rings (SSSR count). The van der Waals surface area contributed by atoms with Crippen molar-refractivity contribution in [2.24, 2.45) is 11.8 Å². The number of piperidine rings is 3. The van der Waals surface area contributed by atoms with E-state index in [2.05, 4.69) is 5.32 Å². The van der Waals surface area contributed by atoms with Crippen molar-refractivity contribution in [1.82, 2.24) is 20.0 Å². The quantitative estimate of drug-likeness (QED) is 0.524. The molecule has 4 aliphatic rings. The predicted molar refractivity (Wildman–Crippen MR) is 133 cm³/mol. The molecule has 220 valence electrons. The topological polar surface area (TPSA) is 133 Å². The van der Waals surface area contributed by atoms with Gasteiger partial charge in [-0.1, -0.05) is 6.07 Å². The van der Waals surface area contributed by atoms with Gasteiger partial charge in [-0.05, 0) is 56.1 Å². The van der Waals surface area contributed by atoms with Crippen LogP contribution in [0.1, 0.15) is 59.2 Å². The summed E-state index contributed by atoms with van der Waals surface area (Å²) in [7, 11) is 0. The Balaban J connectivity index is 1.13. The minimum Gasteiger partial charge on any atom is -0.483 e. The first-order valence-electron chi connectivity index (χ1n) is 13.6. The molecule has 1 unspecified atom stereocenters. The van der Waals surface area contributed by atoms with Gasteiger partial charge in [-0.3, -0.25) is 39.0 Å². The third kappa shape index (κ3) is 5.64. The first-order valence-corrected chi connectivity index (χ1v) is 13.6. The van der Waals surface area contributed by atoms with Gasteiger partial charge in [-0.15, -0.1) is 0 Å². The number of halogens is 3. The average Bonchev–Trinajstić information content (AvgIpc) is 3.21. The SMILES string of the molecule is O=C1CCC(N2C(=O)c3cccc(OCC(=O)N4CCC(C5CCN(C(=O)C(F)(F)F)CC5)CC4)c3C2=O)C(=O)N1. The highest BCUT2D eigenvalue weighted by Crippen LogP contribution is 2.35. The number of rotatable bonds is 5. The Kier molecular flexibility index (Phi) is 7.75. The zero-order valence-electron chi connectivity index (χ0n) is 22.1. The molecule has 3 saturated heterocycles. The Morgan fingerprint density at radius 2 is 1.49 bits per heavy atom. The fourth-order valence-electron chi connectivity index (χ4n) is 6.21. The molecule has 0 spiro atoms. The lowest BCUT2D eigenvalue weighted by Crippen LogP contribution is -2.54. The summed E-state index contributed by atoms with van der Waals surface area (Å²) in [5.41, 5.74) is 0.0116. The molecular formula is C27H29F3N4O7. The van der Waals surface area contributed by atoms with E-state index >= 15 is 0 Å². The van der Waals surface area contributed by atoms with Crippen LogP contribution in [-0.4, -0.2) is 95.1 Å². The molecule has 1 aromatic carbocycles. The molecule has 14 heteroatoms. The van der Waals surface area contributed by atoms with Crippen molar-refractivity contribution in [2.75, 3.05) is 32.8 Å². The fourth-order valence-corrected chi connectivity index (χ4v) is 6.21. The Hall–Kier alpha value is -3.97. The minimum absolute atomic E-state index is 0.00468. The highest BCUT2D eigenvalue weighted by molar-refractivity contribution is 6.24. The Morgan fingerprint density at radius 3 is 2.07 bits per heavy atom. The normalized spacial score (nSPS) is 22.6. The summed E-state index contributed by atoms with van der Waals surface area (Å²) in [6.07, 6.45) is -2.51. The summed E-state index contributed by atoms with van der Waals surface area (Å²) < 4.78 is 43.8. The molecular weight excluding hydrogens is 549 g/mol. The second-order valence-electron chi connectivity index (χ2n) is 10.8. The van der Waals surface area contributed by atoms with Gasteiger partial charge in [0, 0.05) is 32.6 Å². The van der Waals surface area contributed by atoms with Gasteiger partial charge in [0.25, 0.3) is 17.7 Å². The molecule has 0 aromatic heterocycles. The molecule has 6 amide bonds. The van der Waals surface area contributed by atoms with Crippen molar-refractivity contribution in [1.29, 1.82) is 0 Å². The molecule has 1 atom stereocenters. The van der Waals surface area contributed by atoms with Crippen LogP contribution in [0.25, 0.3) is 0 Å². The number of alkyl halides is 3. The van der Waals surface area contributed by atoms with E-state index in [9.17, 15) is 41.9 Å². The summed E-state index contributed by atoms with van der Waals surface area (Å²) in [4.78, 5) is 77.6. The number of nitrogens with one attached hydrogen (secondary N) is 1. The molecule has 4 heterocycles. The van der Waals surface area contributed by atoms with Gasteiger partial charge >= 0.3 is 12.1 Å². The van der Waals surface area contributed by atoms with Gasteiger partial charge in [0.1, 0.15) is 11.8 Å². The van der Waals surface area contributed by atoms with Crippen LogP contribution >= 0.6 is 0 Å². The van der Waals surface area contributed by atoms with Crippen LogP contribution in [0.4, 0.5) is 13.2 Å². The van der Waals surface area contributed by atoms with Crippen LogP contribution < -0.4 is 10.1 Å². The third-order valence-electron chi connectivity index (χ3n) is 8.41. The lowest BCUT2D eigenvalue weighted by Gasteiger charge is -2.40. The largest absolute Gasteiger partial charge is 0.483 e. The summed E-state index contributed by atoms with van der Waals surface area (Å²) in [6, 6.07) is 3.29. The van der Waals surface area contributed by atoms with Crippen LogP contribution in [0.5, 0.6) is 5.75 Å². The highest BCUT2D eigenvalue weighted by atomic mass is 19.4. The van der Waals surface area contributed by atoms with E-state index in [1.807, 2.05) is 0 Å². The Morgan fingerprint density at radius 1 is 0.878 bits per heavy atom. The smallest absolute Gasteiger partial charge is 0.471 e. The number of carbonyl (C=O) groups excluding carboxylic acids is 6. The van der Waals surface area contributed by atoms with Crippen LogP contribution in [0.15, 0.2) is 18.2 Å². The Bertz CT molecular complexity index is 1280. The van der Waals surface area contributed by atoms with Gasteiger partial charge in [-0.25, -0.2) is 0 Å². The lowest BCUT2D eigenvalue weighted by atomic mass is 9.79. The minimum atomic E-state index is -4.86. The van der Waals surface area contributed by atoms with Crippen LogP contribution in [0.2, 0.25) is 0 Å². The van der Waals surface area contributed by atoms with Crippen LogP contribution in [0.3, 0.4) is 0 Å². The molecule has 0 bridgehead atoms. The maximum atomic E-state index is 13.2. The van der Waals surface area contributed by atoms with E-state index in [-0.39, 0.29) is 67.2 Å². The van der Waals surface area contributed by atoms with Crippen molar-refractivity contribution in [2.45, 2.75) is 50.7 Å². The van der Waals surface area contributed by atoms with E-state index in [1.54, 1.807) is 4.90 Å². The van der Waals surface area contributed by atoms with E-state index in [0.717, 1.165) is 9.80 Å². The van der Waals surface area contributed by atoms with Crippen molar-refractivity contribution >= 4 is 35.4 Å². The number of ether oxygens (including phenoxy) is 1. The van der Waals surface area contributed by atoms with E-state index in [1.165, 1.54) is 18.2 Å². The number of hydrogen-bond donors (Lipinski definition) is 1. The molecule has 4 aliphatic heterocycles. The molecule has 41 heavy (non-hydrogen) atoms. The highest BCUT2D eigenvalue weighted by Gasteiger charge is 2.46. The zero-order valence-corrected chi connectivity index (χ0v) is 22.1. The summed E-state index contributed by atoms with van der Waals surface area (Å²) in [5.74, 6) is -4.25. The van der Waals surface area contributed by atoms with Crippen LogP contribution in [-0.2, 0) is 19.2 Å². The van der Waals surface area contributed by atoms with Crippen LogP contribution in [0, 0.1) is 11.8 Å². The van der Waals surface area contributed by atoms with E-state index in [0.29, 0.717) is 38.8 Å². The van der Waals surface area contributed by atoms with E-state index < -0.39 is 41.8 Å². The van der Waals surface area contributed by atoms with Gasteiger partial charge in [0.15, 0.2) is 6.61 Å². The van der Waals surface area contributed by atoms with Gasteiger partial charge in [0.2, 0.25) is 11.8 Å². The van der Waals surface area contributed by atoms with E-state index in [4.69, 9.17) is 4.74 Å². The molecule has 0 saturated carbocycles. The number of likely N-dealkylation sites (tertiary alicyclic amines) is 2. The van der Waals surface area contributed by atoms with Gasteiger partial charge in [0.05, 0.1) is 11.1 Å². The fraction of sp³-hybridized carbons (Fsp3) is 0.556. The number of imide groups is 2. The summed E-state index contributed by atoms with van der Waals surface area (Å²) in [6.45, 7) is 0.655. The molecule has 3 fully saturated rings. The monoisotopic (exact) mass is 578 g/mol. The number of fused-ring (bicyclic) bond motifs is 1. The molecule has 1 N–H and O–H groups in total. The third-order valence-corrected chi connectivity index (χ3v) is 8.41. The first kappa shape index (κ1) is 28.6. The number of carbonyl (C=O) groups is 6. The van der Waals surface area contributed by atoms with Gasteiger partial charge < -0.3 is 14.5 Å². The number of nitrogens with zero attached hydrogens (tertiary/aromatic N) is 3. The molecule has 1 aromatic rings. The maximum Gasteiger partial charge on any atom is 0.471 e. The Labute approximate surface area is 232 Å². The second kappa shape index (κ2) is 11.1. The lowest BCUT2D eigenvalue weighted by molar-refractivity contribution is -0.187. The molecule has 11 nitrogen and oxygen atoms in total. The predicted octanol–water partition coefficient (Wildman–Crippen LogP) is 1.51. The van der Waals surface area contributed by atoms with Gasteiger partial charge in [-0.2, -0.15) is 13.2 Å². The van der Waals surface area contributed by atoms with Crippen molar-refractivity contribution in [3.63, 3.8) is 0 Å². The second-order valence-corrected chi connectivity index (χ2v) is 10.8. The zero-order chi connectivity index (χ0) is 29.5. The standard InChI is InChI=1S/C27H29F3N4O7/c28-27(29,30)26(40)33-12-8-16(9-13-33)15-6-10-32(11-7-15)21(36)14-41-19-3-1-2-17-22(19)25(39)34(24(17)38)18-4-5-20(35)31-23(18)37/h1-3,15-16,18H,4-14H2,(H,31,35,37). The summed E-state index contributed by atoms with van der Waals surface area (Å²) in [5, 5.41) is 2.14. The first-order chi connectivity index (χ1) is 19.5. The van der Waals surface area contributed by atoms with Crippen molar-refractivity contribution in [3.05, 3.63) is 29.3 Å². The molecule has 0 radical (unpaired) electrons. The number of hydrogen-bond acceptors (Lipinski definition) is 7. The van der Waals surface area contributed by atoms with Crippen molar-refractivity contribution < 1.29 is 46.7 Å². The number of amides is 6. The summed E-state index contributed by atoms with van der Waals surface area (Å²) >= 11 is 0. The molecule has 0 aliphatic carbocycles. The average molecular weight is 579 g/mol. The maximum absolute atomic E-state index is 13.2. The number of benzene rings is 1. The van der Waals surface area contributed by atoms with Crippen molar-refractivity contribution in [3.8, 4) is 5.75 Å².